The average molecular weight is 224 g/mol. The normalized spacial score (nSPS) is 24.1. The fourth-order valence-corrected chi connectivity index (χ4v) is 1.83. The van der Waals surface area contributed by atoms with E-state index in [1.807, 2.05) is 6.08 Å². The Labute approximate surface area is 98.4 Å². The van der Waals surface area contributed by atoms with Crippen LogP contribution >= 0.6 is 0 Å². The van der Waals surface area contributed by atoms with E-state index < -0.39 is 0 Å². The van der Waals surface area contributed by atoms with Gasteiger partial charge in [0.1, 0.15) is 5.84 Å². The van der Waals surface area contributed by atoms with E-state index >= 15 is 0 Å². The topological polar surface area (TPSA) is 67.6 Å². The molecule has 4 heteroatoms. The lowest BCUT2D eigenvalue weighted by molar-refractivity contribution is 0.310. The summed E-state index contributed by atoms with van der Waals surface area (Å²) in [6.07, 6.45) is 4.22. The predicted molar refractivity (Wildman–Crippen MR) is 69.2 cm³/mol. The van der Waals surface area contributed by atoms with Crippen molar-refractivity contribution in [2.45, 2.75) is 32.7 Å². The first kappa shape index (κ1) is 13.0. The molecule has 0 aromatic rings. The van der Waals surface area contributed by atoms with Gasteiger partial charge in [0.25, 0.3) is 0 Å². The lowest BCUT2D eigenvalue weighted by Crippen LogP contribution is -2.45. The first-order valence-corrected chi connectivity index (χ1v) is 5.99. The number of allylic oxidation sites excluding steroid dienone is 1. The van der Waals surface area contributed by atoms with Gasteiger partial charge in [0.15, 0.2) is 0 Å². The maximum atomic E-state index is 5.96. The molecule has 1 rings (SSSR count). The molecule has 1 aliphatic heterocycles. The number of nitrogens with zero attached hydrogens (tertiary/aromatic N) is 2. The SMILES string of the molecule is CN=C(C=C(N)C(C)C)N1CCC[C@H](N)C1. The fraction of sp³-hybridized carbons (Fsp3) is 0.750. The van der Waals surface area contributed by atoms with E-state index in [4.69, 9.17) is 11.5 Å². The van der Waals surface area contributed by atoms with Crippen molar-refractivity contribution in [2.75, 3.05) is 20.1 Å². The number of aliphatic imine (C=N–C) groups is 1. The molecule has 1 atom stereocenters. The van der Waals surface area contributed by atoms with Gasteiger partial charge in [-0.2, -0.15) is 0 Å². The number of hydrogen-bond acceptors (Lipinski definition) is 3. The second kappa shape index (κ2) is 5.89. The van der Waals surface area contributed by atoms with Crippen molar-refractivity contribution < 1.29 is 0 Å². The van der Waals surface area contributed by atoms with Crippen molar-refractivity contribution in [1.82, 2.24) is 4.90 Å². The number of amidine groups is 1. The Morgan fingerprint density at radius 3 is 2.69 bits per heavy atom. The zero-order valence-corrected chi connectivity index (χ0v) is 10.6. The Bertz CT molecular complexity index is 281. The molecular formula is C12H24N4. The minimum atomic E-state index is 0.263. The largest absolute Gasteiger partial charge is 0.402 e. The number of hydrogen-bond donors (Lipinski definition) is 2. The van der Waals surface area contributed by atoms with Crippen molar-refractivity contribution in [3.8, 4) is 0 Å². The van der Waals surface area contributed by atoms with E-state index in [1.165, 1.54) is 0 Å². The minimum Gasteiger partial charge on any atom is -0.402 e. The Morgan fingerprint density at radius 1 is 1.50 bits per heavy atom. The van der Waals surface area contributed by atoms with Gasteiger partial charge in [0, 0.05) is 31.9 Å². The molecule has 0 aromatic heterocycles. The van der Waals surface area contributed by atoms with Crippen LogP contribution in [0, 0.1) is 5.92 Å². The van der Waals surface area contributed by atoms with Crippen molar-refractivity contribution >= 4 is 5.84 Å². The summed E-state index contributed by atoms with van der Waals surface area (Å²) in [6, 6.07) is 0.263. The molecule has 1 aliphatic rings. The quantitative estimate of drug-likeness (QED) is 0.542. The van der Waals surface area contributed by atoms with E-state index in [-0.39, 0.29) is 6.04 Å². The van der Waals surface area contributed by atoms with E-state index in [0.717, 1.165) is 37.5 Å². The molecular weight excluding hydrogens is 200 g/mol. The smallest absolute Gasteiger partial charge is 0.124 e. The standard InChI is InChI=1S/C12H24N4/c1-9(2)11(14)7-12(15-3)16-6-4-5-10(13)8-16/h7,9-10H,4-6,8,13-14H2,1-3H3/t10-/m0/s1. The van der Waals surface area contributed by atoms with Gasteiger partial charge in [0.05, 0.1) is 0 Å². The van der Waals surface area contributed by atoms with Crippen molar-refractivity contribution in [1.29, 1.82) is 0 Å². The van der Waals surface area contributed by atoms with Gasteiger partial charge in [-0.3, -0.25) is 4.99 Å². The zero-order chi connectivity index (χ0) is 12.1. The van der Waals surface area contributed by atoms with Gasteiger partial charge in [-0.1, -0.05) is 13.8 Å². The third kappa shape index (κ3) is 3.52. The Kier molecular flexibility index (Phi) is 4.80. The molecule has 0 bridgehead atoms. The molecule has 4 N–H and O–H groups in total. The summed E-state index contributed by atoms with van der Waals surface area (Å²) < 4.78 is 0. The summed E-state index contributed by atoms with van der Waals surface area (Å²) in [4.78, 5) is 6.52. The number of nitrogens with two attached hydrogens (primary N) is 2. The Hall–Kier alpha value is -1.03. The minimum absolute atomic E-state index is 0.263. The van der Waals surface area contributed by atoms with Crippen LogP contribution in [0.25, 0.3) is 0 Å². The molecule has 1 heterocycles. The summed E-state index contributed by atoms with van der Waals surface area (Å²) in [7, 11) is 1.81. The Morgan fingerprint density at radius 2 is 2.19 bits per heavy atom. The zero-order valence-electron chi connectivity index (χ0n) is 10.6. The van der Waals surface area contributed by atoms with E-state index in [2.05, 4.69) is 23.7 Å². The van der Waals surface area contributed by atoms with E-state index in [9.17, 15) is 0 Å². The van der Waals surface area contributed by atoms with Gasteiger partial charge < -0.3 is 16.4 Å². The molecule has 1 saturated heterocycles. The number of likely N-dealkylation sites (tertiary alicyclic amines) is 1. The highest BCUT2D eigenvalue weighted by atomic mass is 15.2. The van der Waals surface area contributed by atoms with Gasteiger partial charge in [-0.25, -0.2) is 0 Å². The first-order chi connectivity index (χ1) is 7.54. The van der Waals surface area contributed by atoms with E-state index in [0.29, 0.717) is 5.92 Å². The molecule has 0 unspecified atom stereocenters. The highest BCUT2D eigenvalue weighted by Crippen LogP contribution is 2.11. The third-order valence-electron chi connectivity index (χ3n) is 2.97. The summed E-state index contributed by atoms with van der Waals surface area (Å²) >= 11 is 0. The molecule has 0 aliphatic carbocycles. The van der Waals surface area contributed by atoms with Crippen molar-refractivity contribution in [3.05, 3.63) is 11.8 Å². The van der Waals surface area contributed by atoms with Crippen LogP contribution in [0.2, 0.25) is 0 Å². The number of piperidine rings is 1. The van der Waals surface area contributed by atoms with Crippen LogP contribution in [0.1, 0.15) is 26.7 Å². The van der Waals surface area contributed by atoms with Crippen LogP contribution in [-0.2, 0) is 0 Å². The maximum Gasteiger partial charge on any atom is 0.124 e. The third-order valence-corrected chi connectivity index (χ3v) is 2.97. The molecule has 16 heavy (non-hydrogen) atoms. The van der Waals surface area contributed by atoms with Crippen molar-refractivity contribution in [3.63, 3.8) is 0 Å². The molecule has 4 nitrogen and oxygen atoms in total. The van der Waals surface area contributed by atoms with Crippen LogP contribution in [0.4, 0.5) is 0 Å². The summed E-state index contributed by atoms with van der Waals surface area (Å²) in [6.45, 7) is 6.08. The highest BCUT2D eigenvalue weighted by Gasteiger charge is 2.18. The van der Waals surface area contributed by atoms with Crippen LogP contribution in [-0.4, -0.2) is 36.9 Å². The summed E-state index contributed by atoms with van der Waals surface area (Å²) in [5.41, 5.74) is 12.8. The lowest BCUT2D eigenvalue weighted by atomic mass is 10.1. The van der Waals surface area contributed by atoms with Crippen LogP contribution in [0.5, 0.6) is 0 Å². The second-order valence-electron chi connectivity index (χ2n) is 4.73. The van der Waals surface area contributed by atoms with Crippen LogP contribution < -0.4 is 11.5 Å². The van der Waals surface area contributed by atoms with Crippen molar-refractivity contribution in [2.24, 2.45) is 22.4 Å². The molecule has 0 saturated carbocycles. The fourth-order valence-electron chi connectivity index (χ4n) is 1.83. The van der Waals surface area contributed by atoms with Gasteiger partial charge in [-0.05, 0) is 24.8 Å². The van der Waals surface area contributed by atoms with E-state index in [1.54, 1.807) is 7.05 Å². The lowest BCUT2D eigenvalue weighted by Gasteiger charge is -2.32. The predicted octanol–water partition coefficient (Wildman–Crippen LogP) is 0.936. The molecule has 0 amide bonds. The van der Waals surface area contributed by atoms with Gasteiger partial charge in [-0.15, -0.1) is 0 Å². The Balaban J connectivity index is 2.71. The van der Waals surface area contributed by atoms with Gasteiger partial charge >= 0.3 is 0 Å². The van der Waals surface area contributed by atoms with Crippen LogP contribution in [0.15, 0.2) is 16.8 Å². The maximum absolute atomic E-state index is 5.96. The van der Waals surface area contributed by atoms with Gasteiger partial charge in [0.2, 0.25) is 0 Å². The monoisotopic (exact) mass is 224 g/mol. The average Bonchev–Trinajstić information content (AvgIpc) is 2.25. The highest BCUT2D eigenvalue weighted by molar-refractivity contribution is 5.93. The molecule has 0 aromatic carbocycles. The summed E-state index contributed by atoms with van der Waals surface area (Å²) in [5, 5.41) is 0. The first-order valence-electron chi connectivity index (χ1n) is 5.99. The molecule has 0 radical (unpaired) electrons. The molecule has 92 valence electrons. The molecule has 0 spiro atoms. The second-order valence-corrected chi connectivity index (χ2v) is 4.73. The number of rotatable bonds is 2. The molecule has 1 fully saturated rings. The summed E-state index contributed by atoms with van der Waals surface area (Å²) in [5.74, 6) is 1.32. The van der Waals surface area contributed by atoms with Crippen LogP contribution in [0.3, 0.4) is 0 Å².